The van der Waals surface area contributed by atoms with Crippen LogP contribution in [0.5, 0.6) is 5.75 Å². The number of halogens is 4. The molecule has 0 bridgehead atoms. The van der Waals surface area contributed by atoms with E-state index >= 15 is 0 Å². The molecule has 43 heavy (non-hydrogen) atoms. The van der Waals surface area contributed by atoms with Crippen LogP contribution in [0.15, 0.2) is 60.7 Å². The summed E-state index contributed by atoms with van der Waals surface area (Å²) in [4.78, 5) is 19.3. The van der Waals surface area contributed by atoms with E-state index in [4.69, 9.17) is 26.1 Å². The van der Waals surface area contributed by atoms with E-state index in [1.807, 2.05) is 57.2 Å². The van der Waals surface area contributed by atoms with Gasteiger partial charge in [-0.3, -0.25) is 0 Å². The maximum Gasteiger partial charge on any atom is 0.416 e. The summed E-state index contributed by atoms with van der Waals surface area (Å²) in [6.45, 7) is 12.1. The van der Waals surface area contributed by atoms with Crippen molar-refractivity contribution in [1.29, 1.82) is 0 Å². The summed E-state index contributed by atoms with van der Waals surface area (Å²) >= 11 is 7.97. The number of anilines is 1. The van der Waals surface area contributed by atoms with Crippen molar-refractivity contribution in [2.75, 3.05) is 11.5 Å². The molecule has 3 aromatic carbocycles. The highest BCUT2D eigenvalue weighted by atomic mass is 35.5. The Morgan fingerprint density at radius 2 is 1.60 bits per heavy atom. The van der Waals surface area contributed by atoms with Crippen molar-refractivity contribution in [2.24, 2.45) is 0 Å². The van der Waals surface area contributed by atoms with Crippen LogP contribution < -0.4 is 9.64 Å². The Balaban J connectivity index is 1.68. The average Bonchev–Trinajstić information content (AvgIpc) is 3.32. The van der Waals surface area contributed by atoms with Gasteiger partial charge in [0.05, 0.1) is 17.9 Å². The molecule has 0 saturated carbocycles. The maximum absolute atomic E-state index is 13.1. The van der Waals surface area contributed by atoms with Gasteiger partial charge in [0, 0.05) is 23.7 Å². The summed E-state index contributed by atoms with van der Waals surface area (Å²) in [7, 11) is 0. The lowest BCUT2D eigenvalue weighted by molar-refractivity contribution is -0.158. The van der Waals surface area contributed by atoms with E-state index < -0.39 is 23.3 Å². The maximum atomic E-state index is 13.1. The molecule has 0 aliphatic carbocycles. The van der Waals surface area contributed by atoms with Crippen molar-refractivity contribution >= 4 is 33.9 Å². The van der Waals surface area contributed by atoms with Crippen LogP contribution >= 0.6 is 22.9 Å². The van der Waals surface area contributed by atoms with E-state index in [-0.39, 0.29) is 6.61 Å². The lowest BCUT2D eigenvalue weighted by Crippen LogP contribution is -2.40. The van der Waals surface area contributed by atoms with Crippen molar-refractivity contribution in [3.8, 4) is 16.3 Å². The predicted molar refractivity (Wildman–Crippen MR) is 166 cm³/mol. The molecule has 0 fully saturated rings. The molecule has 228 valence electrons. The quantitative estimate of drug-likeness (QED) is 0.163. The van der Waals surface area contributed by atoms with E-state index in [1.54, 1.807) is 20.8 Å². The number of aryl methyl sites for hydroxylation is 3. The zero-order valence-corrected chi connectivity index (χ0v) is 26.5. The Morgan fingerprint density at radius 3 is 2.19 bits per heavy atom. The summed E-state index contributed by atoms with van der Waals surface area (Å²) in [6.07, 6.45) is -4.40. The van der Waals surface area contributed by atoms with E-state index in [0.717, 1.165) is 45.1 Å². The van der Waals surface area contributed by atoms with Crippen molar-refractivity contribution in [3.05, 3.63) is 99.2 Å². The number of rotatable bonds is 10. The van der Waals surface area contributed by atoms with E-state index in [2.05, 4.69) is 4.90 Å². The number of esters is 1. The Morgan fingerprint density at radius 1 is 0.977 bits per heavy atom. The normalized spacial score (nSPS) is 11.9. The van der Waals surface area contributed by atoms with Gasteiger partial charge in [-0.05, 0) is 82.0 Å². The van der Waals surface area contributed by atoms with Crippen LogP contribution in [0.1, 0.15) is 54.3 Å². The Kier molecular flexibility index (Phi) is 9.76. The van der Waals surface area contributed by atoms with Gasteiger partial charge < -0.3 is 14.4 Å². The van der Waals surface area contributed by atoms with Gasteiger partial charge in [0.25, 0.3) is 0 Å². The summed E-state index contributed by atoms with van der Waals surface area (Å²) in [5, 5.41) is 2.14. The molecule has 4 aromatic rings. The van der Waals surface area contributed by atoms with Crippen molar-refractivity contribution < 1.29 is 27.4 Å². The minimum atomic E-state index is -4.40. The van der Waals surface area contributed by atoms with Gasteiger partial charge in [0.15, 0.2) is 5.60 Å². The van der Waals surface area contributed by atoms with Crippen molar-refractivity contribution in [1.82, 2.24) is 4.98 Å². The van der Waals surface area contributed by atoms with Crippen molar-refractivity contribution in [3.63, 3.8) is 0 Å². The number of carbonyl (C=O) groups excluding carboxylic acids is 1. The van der Waals surface area contributed by atoms with Crippen molar-refractivity contribution in [2.45, 2.75) is 66.4 Å². The third-order valence-corrected chi connectivity index (χ3v) is 8.49. The Labute approximate surface area is 259 Å². The van der Waals surface area contributed by atoms with Gasteiger partial charge in [-0.1, -0.05) is 65.4 Å². The van der Waals surface area contributed by atoms with Gasteiger partial charge in [-0.15, -0.1) is 0 Å². The lowest BCUT2D eigenvalue weighted by Gasteiger charge is -2.28. The fraction of sp³-hybridized carbons (Fsp3) is 0.333. The molecule has 4 rings (SSSR count). The molecule has 0 radical (unpaired) electrons. The zero-order valence-electron chi connectivity index (χ0n) is 24.9. The third-order valence-electron chi connectivity index (χ3n) is 6.86. The fourth-order valence-electron chi connectivity index (χ4n) is 4.75. The molecule has 0 saturated heterocycles. The first-order valence-corrected chi connectivity index (χ1v) is 15.0. The SMILES string of the molecule is CCOC(=O)C(C)(C)Oc1c(C)cc(CN(Cc2ccccc2Cl)c2sc(-c3ccc(C(F)(F)F)cc3)nc2C)cc1C. The average molecular weight is 631 g/mol. The summed E-state index contributed by atoms with van der Waals surface area (Å²) in [6, 6.07) is 16.7. The molecular formula is C33H34ClF3N2O3S. The molecule has 0 aliphatic rings. The Bertz CT molecular complexity index is 1580. The molecule has 0 aliphatic heterocycles. The van der Waals surface area contributed by atoms with Crippen LogP contribution in [0.4, 0.5) is 18.2 Å². The van der Waals surface area contributed by atoms with Gasteiger partial charge >= 0.3 is 12.1 Å². The van der Waals surface area contributed by atoms with E-state index in [9.17, 15) is 18.0 Å². The first-order valence-electron chi connectivity index (χ1n) is 13.8. The number of benzene rings is 3. The Hall–Kier alpha value is -3.56. The minimum Gasteiger partial charge on any atom is -0.476 e. The molecule has 5 nitrogen and oxygen atoms in total. The molecule has 0 unspecified atom stereocenters. The number of hydrogen-bond donors (Lipinski definition) is 0. The predicted octanol–water partition coefficient (Wildman–Crippen LogP) is 9.33. The first-order chi connectivity index (χ1) is 20.2. The van der Waals surface area contributed by atoms with Gasteiger partial charge in [-0.25, -0.2) is 9.78 Å². The van der Waals surface area contributed by atoms with Crippen LogP contribution in [-0.4, -0.2) is 23.2 Å². The monoisotopic (exact) mass is 630 g/mol. The third kappa shape index (κ3) is 7.70. The van der Waals surface area contributed by atoms with Crippen LogP contribution in [0.2, 0.25) is 5.02 Å². The van der Waals surface area contributed by atoms with E-state index in [0.29, 0.717) is 34.4 Å². The number of carbonyl (C=O) groups is 1. The summed E-state index contributed by atoms with van der Waals surface area (Å²) in [5.74, 6) is 0.186. The smallest absolute Gasteiger partial charge is 0.416 e. The van der Waals surface area contributed by atoms with Gasteiger partial charge in [0.1, 0.15) is 15.8 Å². The number of aromatic nitrogens is 1. The number of nitrogens with zero attached hydrogens (tertiary/aromatic N) is 2. The number of alkyl halides is 3. The first kappa shape index (κ1) is 32.4. The summed E-state index contributed by atoms with van der Waals surface area (Å²) in [5.41, 5.74) is 3.20. The van der Waals surface area contributed by atoms with Crippen LogP contribution in [0, 0.1) is 20.8 Å². The second-order valence-electron chi connectivity index (χ2n) is 10.8. The minimum absolute atomic E-state index is 0.265. The highest BCUT2D eigenvalue weighted by Gasteiger charge is 2.33. The molecule has 0 atom stereocenters. The molecule has 10 heteroatoms. The molecule has 0 spiro atoms. The van der Waals surface area contributed by atoms with Gasteiger partial charge in [0.2, 0.25) is 0 Å². The number of ether oxygens (including phenoxy) is 2. The second kappa shape index (κ2) is 13.0. The second-order valence-corrected chi connectivity index (χ2v) is 12.2. The highest BCUT2D eigenvalue weighted by molar-refractivity contribution is 7.19. The topological polar surface area (TPSA) is 51.7 Å². The van der Waals surface area contributed by atoms with E-state index in [1.165, 1.54) is 23.5 Å². The lowest BCUT2D eigenvalue weighted by atomic mass is 10.0. The molecule has 1 heterocycles. The summed E-state index contributed by atoms with van der Waals surface area (Å²) < 4.78 is 50.7. The zero-order chi connectivity index (χ0) is 31.5. The van der Waals surface area contributed by atoms with Crippen LogP contribution in [-0.2, 0) is 28.8 Å². The van der Waals surface area contributed by atoms with Crippen LogP contribution in [0.25, 0.3) is 10.6 Å². The fourth-order valence-corrected chi connectivity index (χ4v) is 6.02. The number of thiazole rings is 1. The largest absolute Gasteiger partial charge is 0.476 e. The standard InChI is InChI=1S/C33H34ClF3N2O3S/c1-7-41-31(40)32(5,6)42-28-20(2)16-23(17-21(28)3)18-39(19-25-10-8-9-11-27(25)34)30-22(4)38-29(43-30)24-12-14-26(15-13-24)33(35,36)37/h8-17H,7,18-19H2,1-6H3. The van der Waals surface area contributed by atoms with Gasteiger partial charge in [-0.2, -0.15) is 13.2 Å². The highest BCUT2D eigenvalue weighted by Crippen LogP contribution is 2.39. The molecular weight excluding hydrogens is 597 g/mol. The molecule has 1 aromatic heterocycles. The van der Waals surface area contributed by atoms with Crippen LogP contribution in [0.3, 0.4) is 0 Å². The molecule has 0 N–H and O–H groups in total. The molecule has 0 amide bonds. The number of hydrogen-bond acceptors (Lipinski definition) is 6.